The van der Waals surface area contributed by atoms with E-state index in [1.807, 2.05) is 0 Å². The fraction of sp³-hybridized carbons (Fsp3) is 0.200. The molecule has 0 aliphatic carbocycles. The number of aliphatic carboxylic acids is 2. The molecule has 2 aliphatic heterocycles. The Bertz CT molecular complexity index is 1840. The first-order valence-electron chi connectivity index (χ1n) is 13.0. The molecule has 1 saturated heterocycles. The molecule has 246 valence electrons. The molecule has 3 aromatic rings. The van der Waals surface area contributed by atoms with Crippen molar-refractivity contribution in [2.24, 2.45) is 5.16 Å². The van der Waals surface area contributed by atoms with E-state index in [4.69, 9.17) is 27.8 Å². The first-order valence-corrected chi connectivity index (χ1v) is 15.9. The number of aromatic nitrogens is 3. The number of carboxylic acids is 2. The highest BCUT2D eigenvalue weighted by Gasteiger charge is 2.54. The number of nitrogens with one attached hydrogen (secondary N) is 1. The van der Waals surface area contributed by atoms with Crippen molar-refractivity contribution in [1.82, 2.24) is 25.2 Å². The second kappa shape index (κ2) is 13.1. The van der Waals surface area contributed by atoms with Gasteiger partial charge in [0.15, 0.2) is 39.1 Å². The number of phenols is 2. The Morgan fingerprint density at radius 1 is 1.11 bits per heavy atom. The van der Waals surface area contributed by atoms with Crippen LogP contribution in [0.5, 0.6) is 11.5 Å². The molecule has 47 heavy (non-hydrogen) atoms. The third-order valence-corrected chi connectivity index (χ3v) is 9.60. The number of carbonyl (C=O) groups is 4. The van der Waals surface area contributed by atoms with Gasteiger partial charge in [-0.1, -0.05) is 23.0 Å². The van der Waals surface area contributed by atoms with Crippen molar-refractivity contribution in [3.63, 3.8) is 0 Å². The minimum absolute atomic E-state index is 0.0208. The molecule has 0 radical (unpaired) electrons. The topological polar surface area (TPSA) is 329 Å². The number of carboxylic acid groups (broad SMARTS) is 2. The van der Waals surface area contributed by atoms with Crippen LogP contribution in [-0.4, -0.2) is 92.7 Å². The molecule has 0 spiro atoms. The van der Waals surface area contributed by atoms with Crippen LogP contribution in [0.2, 0.25) is 0 Å². The van der Waals surface area contributed by atoms with Gasteiger partial charge in [0.1, 0.15) is 28.5 Å². The number of hydrogen-bond donors (Lipinski definition) is 9. The van der Waals surface area contributed by atoms with Gasteiger partial charge in [0.05, 0.1) is 0 Å². The number of anilines is 4. The normalized spacial score (nSPS) is 18.3. The van der Waals surface area contributed by atoms with Crippen molar-refractivity contribution in [3.05, 3.63) is 46.1 Å². The minimum Gasteiger partial charge on any atom is -0.504 e. The third-order valence-electron chi connectivity index (χ3n) is 6.65. The van der Waals surface area contributed by atoms with E-state index < -0.39 is 58.5 Å². The average molecular weight is 705 g/mol. The molecule has 22 heteroatoms. The summed E-state index contributed by atoms with van der Waals surface area (Å²) in [6.45, 7) is 0. The molecular weight excluding hydrogens is 681 g/mol. The molecule has 4 heterocycles. The van der Waals surface area contributed by atoms with Gasteiger partial charge in [0, 0.05) is 22.4 Å². The monoisotopic (exact) mass is 704 g/mol. The van der Waals surface area contributed by atoms with Gasteiger partial charge in [-0.25, -0.2) is 24.5 Å². The Balaban J connectivity index is 1.35. The van der Waals surface area contributed by atoms with E-state index >= 15 is 0 Å². The van der Waals surface area contributed by atoms with Gasteiger partial charge in [-0.3, -0.25) is 14.5 Å². The lowest BCUT2D eigenvalue weighted by Gasteiger charge is -2.49. The highest BCUT2D eigenvalue weighted by atomic mass is 32.2. The summed E-state index contributed by atoms with van der Waals surface area (Å²) in [5, 5.41) is 46.0. The maximum atomic E-state index is 13.4. The Hall–Kier alpha value is -5.48. The molecule has 19 nitrogen and oxygen atoms in total. The van der Waals surface area contributed by atoms with Gasteiger partial charge in [-0.2, -0.15) is 0 Å². The second-order valence-electron chi connectivity index (χ2n) is 9.68. The maximum absolute atomic E-state index is 13.4. The molecule has 2 unspecified atom stereocenters. The molecule has 2 aromatic heterocycles. The number of aromatic hydroxyl groups is 2. The molecular formula is C25H24N10O9S3. The van der Waals surface area contributed by atoms with E-state index in [9.17, 15) is 39.6 Å². The summed E-state index contributed by atoms with van der Waals surface area (Å²) in [6, 6.07) is 1.96. The number of rotatable bonds is 11. The van der Waals surface area contributed by atoms with E-state index in [0.29, 0.717) is 5.57 Å². The first kappa shape index (κ1) is 32.9. The zero-order chi connectivity index (χ0) is 34.2. The van der Waals surface area contributed by atoms with Crippen LogP contribution in [0.1, 0.15) is 17.4 Å². The summed E-state index contributed by atoms with van der Waals surface area (Å²) in [4.78, 5) is 69.2. The summed E-state index contributed by atoms with van der Waals surface area (Å²) >= 11 is 3.19. The molecule has 1 fully saturated rings. The number of fused-ring (bicyclic) bond motifs is 1. The van der Waals surface area contributed by atoms with Crippen LogP contribution in [0.4, 0.5) is 22.5 Å². The molecule has 3 atom stereocenters. The van der Waals surface area contributed by atoms with Crippen molar-refractivity contribution < 1.29 is 44.4 Å². The van der Waals surface area contributed by atoms with E-state index in [0.717, 1.165) is 40.1 Å². The van der Waals surface area contributed by atoms with Crippen LogP contribution >= 0.6 is 34.9 Å². The third kappa shape index (κ3) is 6.59. The highest BCUT2D eigenvalue weighted by molar-refractivity contribution is 8.01. The molecule has 0 bridgehead atoms. The number of phenolic OH excluding ortho intramolecular Hbond substituents is 2. The molecule has 2 aliphatic rings. The number of hydrogen-bond acceptors (Lipinski definition) is 18. The van der Waals surface area contributed by atoms with E-state index in [2.05, 4.69) is 25.4 Å². The van der Waals surface area contributed by atoms with Crippen LogP contribution in [-0.2, 0) is 24.0 Å². The number of nitrogen functional groups attached to an aromatic ring is 4. The van der Waals surface area contributed by atoms with Crippen LogP contribution < -0.4 is 28.3 Å². The van der Waals surface area contributed by atoms with Crippen LogP contribution in [0.3, 0.4) is 0 Å². The lowest BCUT2D eigenvalue weighted by molar-refractivity contribution is -0.151. The number of benzene rings is 1. The van der Waals surface area contributed by atoms with Gasteiger partial charge in [0.2, 0.25) is 6.10 Å². The maximum Gasteiger partial charge on any atom is 0.352 e. The lowest BCUT2D eigenvalue weighted by Crippen LogP contribution is -2.71. The summed E-state index contributed by atoms with van der Waals surface area (Å²) in [7, 11) is 0. The van der Waals surface area contributed by atoms with Crippen molar-refractivity contribution in [2.75, 3.05) is 34.4 Å². The number of carbonyl (C=O) groups excluding carboxylic acids is 2. The van der Waals surface area contributed by atoms with Crippen molar-refractivity contribution >= 4 is 86.8 Å². The van der Waals surface area contributed by atoms with Gasteiger partial charge in [-0.05, 0) is 17.7 Å². The molecule has 2 amide bonds. The van der Waals surface area contributed by atoms with Crippen LogP contribution in [0, 0.1) is 0 Å². The smallest absolute Gasteiger partial charge is 0.352 e. The Kier molecular flexibility index (Phi) is 9.17. The average Bonchev–Trinajstić information content (AvgIpc) is 3.45. The van der Waals surface area contributed by atoms with E-state index in [-0.39, 0.29) is 56.1 Å². The number of β-lactam (4-membered cyclic amide) rings is 1. The predicted octanol–water partition coefficient (Wildman–Crippen LogP) is -0.249. The largest absolute Gasteiger partial charge is 0.504 e. The van der Waals surface area contributed by atoms with Crippen molar-refractivity contribution in [3.8, 4) is 11.5 Å². The molecule has 0 saturated carbocycles. The summed E-state index contributed by atoms with van der Waals surface area (Å²) in [5.41, 5.74) is 22.2. The Labute approximate surface area is 275 Å². The second-order valence-corrected chi connectivity index (χ2v) is 12.6. The summed E-state index contributed by atoms with van der Waals surface area (Å²) in [5.74, 6) is -5.57. The van der Waals surface area contributed by atoms with Gasteiger partial charge in [-0.15, -0.1) is 23.1 Å². The fourth-order valence-corrected chi connectivity index (χ4v) is 7.25. The van der Waals surface area contributed by atoms with E-state index in [1.54, 1.807) is 0 Å². The number of thioether (sulfide) groups is 2. The predicted molar refractivity (Wildman–Crippen MR) is 170 cm³/mol. The SMILES string of the molecule is Nc1nc(/C(=N/OC(C(=O)O)c2ccc(O)c(O)c2)C(=O)NC2C(=O)N3C(C(=O)O)=C(CSc4nc(N)c(N)c(N)n4)CS[C@@H]23)cs1. The zero-order valence-electron chi connectivity index (χ0n) is 23.6. The van der Waals surface area contributed by atoms with Gasteiger partial charge < -0.3 is 53.5 Å². The number of amides is 2. The number of oxime groups is 1. The first-order chi connectivity index (χ1) is 22.3. The number of thiazole rings is 1. The zero-order valence-corrected chi connectivity index (χ0v) is 26.0. The summed E-state index contributed by atoms with van der Waals surface area (Å²) < 4.78 is 0. The lowest BCUT2D eigenvalue weighted by atomic mass is 10.0. The molecule has 13 N–H and O–H groups in total. The standard InChI is InChI=1S/C25H24N10O9S3/c26-12-17(27)32-25(33-18(12)28)47-5-8-4-45-21-14(20(39)35(21)15(8)22(40)41)31-19(38)13(9-6-46-24(29)30-9)34-44-16(23(42)43)7-1-2-10(36)11(37)3-7/h1-3,6,14,16,21,36-37H,4-5,26H2,(H2,29,30)(H,31,38)(H,40,41)(H,42,43)(H4,27,28,32,33)/b34-13-/t14?,16?,21-/m0/s1. The Morgan fingerprint density at radius 3 is 2.40 bits per heavy atom. The quantitative estimate of drug-likeness (QED) is 0.0310. The minimum atomic E-state index is -1.83. The summed E-state index contributed by atoms with van der Waals surface area (Å²) in [6.07, 6.45) is -1.83. The fourth-order valence-electron chi connectivity index (χ4n) is 4.36. The van der Waals surface area contributed by atoms with Gasteiger partial charge >= 0.3 is 11.9 Å². The molecule has 5 rings (SSSR count). The number of nitrogens with zero attached hydrogens (tertiary/aromatic N) is 5. The van der Waals surface area contributed by atoms with Crippen molar-refractivity contribution in [1.29, 1.82) is 0 Å². The van der Waals surface area contributed by atoms with Crippen LogP contribution in [0.25, 0.3) is 0 Å². The Morgan fingerprint density at radius 2 is 1.81 bits per heavy atom. The van der Waals surface area contributed by atoms with Crippen LogP contribution in [0.15, 0.2) is 45.2 Å². The molecule has 1 aromatic carbocycles. The van der Waals surface area contributed by atoms with E-state index in [1.165, 1.54) is 23.2 Å². The highest BCUT2D eigenvalue weighted by Crippen LogP contribution is 2.41. The van der Waals surface area contributed by atoms with Crippen molar-refractivity contribution in [2.45, 2.75) is 22.7 Å². The van der Waals surface area contributed by atoms with Gasteiger partial charge in [0.25, 0.3) is 11.8 Å². The number of nitrogens with two attached hydrogens (primary N) is 4.